The summed E-state index contributed by atoms with van der Waals surface area (Å²) >= 11 is 0. The van der Waals surface area contributed by atoms with Gasteiger partial charge in [-0.05, 0) is 43.0 Å². The maximum Gasteiger partial charge on any atom is 0.251 e. The van der Waals surface area contributed by atoms with Crippen molar-refractivity contribution in [3.63, 3.8) is 0 Å². The summed E-state index contributed by atoms with van der Waals surface area (Å²) < 4.78 is 0. The Morgan fingerprint density at radius 1 is 1.43 bits per heavy atom. The molecule has 1 atom stereocenters. The van der Waals surface area contributed by atoms with Crippen molar-refractivity contribution in [2.75, 3.05) is 13.1 Å². The second-order valence-corrected chi connectivity index (χ2v) is 5.18. The molecule has 1 aliphatic heterocycles. The van der Waals surface area contributed by atoms with E-state index in [1.807, 2.05) is 18.2 Å². The molecule has 110 valence electrons. The lowest BCUT2D eigenvalue weighted by Crippen LogP contribution is -2.28. The molecule has 3 N–H and O–H groups in total. The predicted octanol–water partition coefficient (Wildman–Crippen LogP) is 0.597. The fourth-order valence-corrected chi connectivity index (χ4v) is 2.59. The molecular formula is C14H18N6O. The van der Waals surface area contributed by atoms with E-state index in [1.165, 1.54) is 18.4 Å². The third-order valence-corrected chi connectivity index (χ3v) is 3.71. The number of piperidine rings is 1. The number of aromatic nitrogens is 4. The average Bonchev–Trinajstić information content (AvgIpc) is 3.07. The number of hydrogen-bond donors (Lipinski definition) is 3. The van der Waals surface area contributed by atoms with Crippen LogP contribution in [0.1, 0.15) is 40.5 Å². The molecule has 7 nitrogen and oxygen atoms in total. The van der Waals surface area contributed by atoms with Gasteiger partial charge < -0.3 is 10.6 Å². The smallest absolute Gasteiger partial charge is 0.251 e. The van der Waals surface area contributed by atoms with Crippen LogP contribution in [0.3, 0.4) is 0 Å². The number of amides is 1. The standard InChI is InChI=1S/C14H18N6O/c21-14(16-9-13-17-19-20-18-13)11-4-1-3-10(7-11)12-5-2-6-15-8-12/h1,3-4,7,12,15H,2,5-6,8-9H2,(H,16,21)(H,17,18,19,20)/t12-/m0/s1. The van der Waals surface area contributed by atoms with Gasteiger partial charge in [0.05, 0.1) is 6.54 Å². The molecule has 0 unspecified atom stereocenters. The first kappa shape index (κ1) is 13.7. The average molecular weight is 286 g/mol. The molecule has 0 spiro atoms. The second-order valence-electron chi connectivity index (χ2n) is 5.18. The minimum absolute atomic E-state index is 0.120. The lowest BCUT2D eigenvalue weighted by Gasteiger charge is -2.23. The van der Waals surface area contributed by atoms with Crippen LogP contribution < -0.4 is 10.6 Å². The fraction of sp³-hybridized carbons (Fsp3) is 0.429. The van der Waals surface area contributed by atoms with Gasteiger partial charge in [-0.1, -0.05) is 17.3 Å². The quantitative estimate of drug-likeness (QED) is 0.765. The highest BCUT2D eigenvalue weighted by molar-refractivity contribution is 5.94. The molecule has 21 heavy (non-hydrogen) atoms. The molecule has 2 aromatic rings. The summed E-state index contributed by atoms with van der Waals surface area (Å²) in [6.45, 7) is 2.33. The van der Waals surface area contributed by atoms with E-state index in [1.54, 1.807) is 0 Å². The SMILES string of the molecule is O=C(NCc1nn[nH]n1)c1cccc([C@H]2CCCNC2)c1. The molecule has 1 saturated heterocycles. The highest BCUT2D eigenvalue weighted by Crippen LogP contribution is 2.23. The normalized spacial score (nSPS) is 18.4. The van der Waals surface area contributed by atoms with Gasteiger partial charge in [-0.2, -0.15) is 5.21 Å². The summed E-state index contributed by atoms with van der Waals surface area (Å²) in [4.78, 5) is 12.2. The summed E-state index contributed by atoms with van der Waals surface area (Å²) in [5, 5.41) is 19.6. The number of carbonyl (C=O) groups is 1. The van der Waals surface area contributed by atoms with E-state index in [4.69, 9.17) is 0 Å². The van der Waals surface area contributed by atoms with Crippen molar-refractivity contribution in [2.24, 2.45) is 0 Å². The van der Waals surface area contributed by atoms with E-state index >= 15 is 0 Å². The van der Waals surface area contributed by atoms with E-state index < -0.39 is 0 Å². The van der Waals surface area contributed by atoms with Crippen LogP contribution in [0.15, 0.2) is 24.3 Å². The van der Waals surface area contributed by atoms with Crippen molar-refractivity contribution in [3.8, 4) is 0 Å². The molecule has 1 fully saturated rings. The number of rotatable bonds is 4. The molecule has 1 aromatic heterocycles. The van der Waals surface area contributed by atoms with Gasteiger partial charge >= 0.3 is 0 Å². The molecule has 1 amide bonds. The fourth-order valence-electron chi connectivity index (χ4n) is 2.59. The van der Waals surface area contributed by atoms with Crippen molar-refractivity contribution in [2.45, 2.75) is 25.3 Å². The molecule has 0 aliphatic carbocycles. The van der Waals surface area contributed by atoms with Crippen LogP contribution in [0.4, 0.5) is 0 Å². The monoisotopic (exact) mass is 286 g/mol. The van der Waals surface area contributed by atoms with Gasteiger partial charge in [-0.3, -0.25) is 4.79 Å². The molecular weight excluding hydrogens is 268 g/mol. The summed E-state index contributed by atoms with van der Waals surface area (Å²) in [7, 11) is 0. The summed E-state index contributed by atoms with van der Waals surface area (Å²) in [5.41, 5.74) is 1.89. The van der Waals surface area contributed by atoms with E-state index in [2.05, 4.69) is 37.3 Å². The predicted molar refractivity (Wildman–Crippen MR) is 76.6 cm³/mol. The number of benzene rings is 1. The van der Waals surface area contributed by atoms with Crippen molar-refractivity contribution < 1.29 is 4.79 Å². The molecule has 2 heterocycles. The Morgan fingerprint density at radius 3 is 3.14 bits per heavy atom. The number of hydrogen-bond acceptors (Lipinski definition) is 5. The summed E-state index contributed by atoms with van der Waals surface area (Å²) in [6.07, 6.45) is 2.35. The summed E-state index contributed by atoms with van der Waals surface area (Å²) in [6, 6.07) is 7.83. The third kappa shape index (κ3) is 3.43. The highest BCUT2D eigenvalue weighted by atomic mass is 16.1. The lowest BCUT2D eigenvalue weighted by molar-refractivity contribution is 0.0949. The summed E-state index contributed by atoms with van der Waals surface area (Å²) in [5.74, 6) is 0.838. The minimum Gasteiger partial charge on any atom is -0.345 e. The Labute approximate surface area is 122 Å². The van der Waals surface area contributed by atoms with Gasteiger partial charge in [-0.25, -0.2) is 0 Å². The molecule has 1 aromatic carbocycles. The molecule has 0 saturated carbocycles. The van der Waals surface area contributed by atoms with Crippen molar-refractivity contribution >= 4 is 5.91 Å². The Bertz CT molecular complexity index is 591. The molecule has 0 radical (unpaired) electrons. The van der Waals surface area contributed by atoms with E-state index in [9.17, 15) is 4.79 Å². The molecule has 7 heteroatoms. The van der Waals surface area contributed by atoms with Gasteiger partial charge in [-0.15, -0.1) is 10.2 Å². The van der Waals surface area contributed by atoms with Gasteiger partial charge in [0.2, 0.25) is 0 Å². The number of carbonyl (C=O) groups excluding carboxylic acids is 1. The van der Waals surface area contributed by atoms with E-state index in [-0.39, 0.29) is 12.5 Å². The number of tetrazole rings is 1. The molecule has 3 rings (SSSR count). The van der Waals surface area contributed by atoms with Crippen molar-refractivity contribution in [1.29, 1.82) is 0 Å². The number of nitrogens with zero attached hydrogens (tertiary/aromatic N) is 3. The Hall–Kier alpha value is -2.28. The van der Waals surface area contributed by atoms with Crippen LogP contribution in [0, 0.1) is 0 Å². The number of aromatic amines is 1. The second kappa shape index (κ2) is 6.45. The minimum atomic E-state index is -0.120. The van der Waals surface area contributed by atoms with E-state index in [0.717, 1.165) is 13.1 Å². The molecule has 1 aliphatic rings. The zero-order valence-corrected chi connectivity index (χ0v) is 11.7. The zero-order chi connectivity index (χ0) is 14.5. The topological polar surface area (TPSA) is 95.6 Å². The zero-order valence-electron chi connectivity index (χ0n) is 11.7. The third-order valence-electron chi connectivity index (χ3n) is 3.71. The van der Waals surface area contributed by atoms with Gasteiger partial charge in [0, 0.05) is 12.1 Å². The van der Waals surface area contributed by atoms with Gasteiger partial charge in [0.1, 0.15) is 0 Å². The number of nitrogens with one attached hydrogen (secondary N) is 3. The van der Waals surface area contributed by atoms with Crippen molar-refractivity contribution in [3.05, 3.63) is 41.2 Å². The van der Waals surface area contributed by atoms with Crippen LogP contribution in [0.25, 0.3) is 0 Å². The van der Waals surface area contributed by atoms with Gasteiger partial charge in [0.25, 0.3) is 5.91 Å². The van der Waals surface area contributed by atoms with E-state index in [0.29, 0.717) is 17.3 Å². The first-order valence-electron chi connectivity index (χ1n) is 7.14. The largest absolute Gasteiger partial charge is 0.345 e. The maximum absolute atomic E-state index is 12.2. The van der Waals surface area contributed by atoms with Crippen LogP contribution in [-0.2, 0) is 6.54 Å². The van der Waals surface area contributed by atoms with Crippen LogP contribution in [-0.4, -0.2) is 39.6 Å². The Morgan fingerprint density at radius 2 is 2.38 bits per heavy atom. The first-order chi connectivity index (χ1) is 10.3. The van der Waals surface area contributed by atoms with Crippen molar-refractivity contribution in [1.82, 2.24) is 31.3 Å². The van der Waals surface area contributed by atoms with Crippen LogP contribution in [0.2, 0.25) is 0 Å². The highest BCUT2D eigenvalue weighted by Gasteiger charge is 2.16. The van der Waals surface area contributed by atoms with Crippen LogP contribution >= 0.6 is 0 Å². The molecule has 0 bridgehead atoms. The Balaban J connectivity index is 1.65. The maximum atomic E-state index is 12.2. The first-order valence-corrected chi connectivity index (χ1v) is 7.14. The van der Waals surface area contributed by atoms with Gasteiger partial charge in [0.15, 0.2) is 5.82 Å². The van der Waals surface area contributed by atoms with Crippen LogP contribution in [0.5, 0.6) is 0 Å². The Kier molecular flexibility index (Phi) is 4.20. The lowest BCUT2D eigenvalue weighted by atomic mass is 9.90. The number of H-pyrrole nitrogens is 1.